The summed E-state index contributed by atoms with van der Waals surface area (Å²) >= 11 is 1.20. The highest BCUT2D eigenvalue weighted by atomic mass is 32.2. The predicted octanol–water partition coefficient (Wildman–Crippen LogP) is 2.67. The third-order valence-corrected chi connectivity index (χ3v) is 4.67. The number of aromatic hydroxyl groups is 1. The van der Waals surface area contributed by atoms with Gasteiger partial charge in [-0.2, -0.15) is 5.10 Å². The van der Waals surface area contributed by atoms with Gasteiger partial charge in [0, 0.05) is 17.6 Å². The van der Waals surface area contributed by atoms with E-state index in [4.69, 9.17) is 4.74 Å². The number of nitrogens with zero attached hydrogens (tertiary/aromatic N) is 4. The van der Waals surface area contributed by atoms with E-state index in [0.717, 1.165) is 16.1 Å². The fourth-order valence-electron chi connectivity index (χ4n) is 2.51. The molecule has 1 aromatic carbocycles. The molecule has 8 nitrogen and oxygen atoms in total. The molecule has 0 aliphatic carbocycles. The van der Waals surface area contributed by atoms with Gasteiger partial charge in [-0.05, 0) is 38.1 Å². The lowest BCUT2D eigenvalue weighted by Crippen LogP contribution is -2.14. The first kappa shape index (κ1) is 19.6. The highest BCUT2D eigenvalue weighted by molar-refractivity contribution is 7.99. The van der Waals surface area contributed by atoms with E-state index in [1.165, 1.54) is 43.4 Å². The van der Waals surface area contributed by atoms with Gasteiger partial charge in [0.1, 0.15) is 11.5 Å². The quantitative estimate of drug-likeness (QED) is 0.384. The molecule has 2 heterocycles. The number of phenols is 1. The van der Waals surface area contributed by atoms with Crippen molar-refractivity contribution in [1.82, 2.24) is 19.7 Å². The normalized spacial score (nSPS) is 10.7. The van der Waals surface area contributed by atoms with Crippen LogP contribution in [0.3, 0.4) is 0 Å². The second-order valence-electron chi connectivity index (χ2n) is 6.00. The largest absolute Gasteiger partial charge is 0.507 e. The minimum Gasteiger partial charge on any atom is -0.507 e. The first-order valence-electron chi connectivity index (χ1n) is 8.32. The van der Waals surface area contributed by atoms with Crippen LogP contribution >= 0.6 is 11.8 Å². The van der Waals surface area contributed by atoms with Crippen molar-refractivity contribution in [2.24, 2.45) is 0 Å². The van der Waals surface area contributed by atoms with Gasteiger partial charge in [-0.1, -0.05) is 11.8 Å². The maximum atomic E-state index is 12.6. The molecule has 0 aliphatic heterocycles. The van der Waals surface area contributed by atoms with Crippen LogP contribution in [0.5, 0.6) is 11.5 Å². The molecule has 0 fully saturated rings. The molecular formula is C19H18N4O4S. The minimum atomic E-state index is -0.458. The number of ether oxygens (including phenoxy) is 1. The molecule has 0 atom stereocenters. The number of hydrogen-bond acceptors (Lipinski definition) is 8. The summed E-state index contributed by atoms with van der Waals surface area (Å²) in [5, 5.41) is 14.4. The number of rotatable bonds is 6. The average Bonchev–Trinajstić information content (AvgIpc) is 3.15. The SMILES string of the molecule is COc1ccc(O)c(C(=O)c2cnn(C(=O)CSc3nc(C)cc(C)n3)c2)c1. The molecule has 2 aromatic heterocycles. The van der Waals surface area contributed by atoms with E-state index in [2.05, 4.69) is 15.1 Å². The summed E-state index contributed by atoms with van der Waals surface area (Å²) in [6, 6.07) is 6.21. The predicted molar refractivity (Wildman–Crippen MR) is 103 cm³/mol. The molecule has 28 heavy (non-hydrogen) atoms. The lowest BCUT2D eigenvalue weighted by Gasteiger charge is -2.05. The molecule has 0 unspecified atom stereocenters. The molecule has 3 aromatic rings. The van der Waals surface area contributed by atoms with Crippen LogP contribution in [-0.4, -0.2) is 49.4 Å². The third-order valence-electron chi connectivity index (χ3n) is 3.84. The number of carbonyl (C=O) groups is 2. The number of methoxy groups -OCH3 is 1. The van der Waals surface area contributed by atoms with E-state index in [0.29, 0.717) is 10.9 Å². The van der Waals surface area contributed by atoms with Crippen molar-refractivity contribution in [3.8, 4) is 11.5 Å². The summed E-state index contributed by atoms with van der Waals surface area (Å²) in [5.74, 6) is -0.438. The fraction of sp³-hybridized carbons (Fsp3) is 0.211. The zero-order valence-electron chi connectivity index (χ0n) is 15.5. The molecule has 9 heteroatoms. The summed E-state index contributed by atoms with van der Waals surface area (Å²) in [7, 11) is 1.47. The van der Waals surface area contributed by atoms with Crippen molar-refractivity contribution in [3.63, 3.8) is 0 Å². The van der Waals surface area contributed by atoms with Crippen LogP contribution in [0.4, 0.5) is 0 Å². The van der Waals surface area contributed by atoms with E-state index < -0.39 is 5.78 Å². The molecule has 0 spiro atoms. The van der Waals surface area contributed by atoms with Crippen LogP contribution in [0.2, 0.25) is 0 Å². The topological polar surface area (TPSA) is 107 Å². The molecular weight excluding hydrogens is 380 g/mol. The van der Waals surface area contributed by atoms with Crippen LogP contribution in [0, 0.1) is 13.8 Å². The number of hydrogen-bond donors (Lipinski definition) is 1. The first-order valence-corrected chi connectivity index (χ1v) is 9.30. The van der Waals surface area contributed by atoms with Crippen LogP contribution in [-0.2, 0) is 0 Å². The molecule has 1 N–H and O–H groups in total. The number of thioether (sulfide) groups is 1. The van der Waals surface area contributed by atoms with E-state index in [-0.39, 0.29) is 28.5 Å². The van der Waals surface area contributed by atoms with Gasteiger partial charge in [0.05, 0.1) is 30.2 Å². The van der Waals surface area contributed by atoms with E-state index in [9.17, 15) is 14.7 Å². The Labute approximate surface area is 165 Å². The first-order chi connectivity index (χ1) is 13.4. The highest BCUT2D eigenvalue weighted by Crippen LogP contribution is 2.25. The smallest absolute Gasteiger partial charge is 0.257 e. The summed E-state index contributed by atoms with van der Waals surface area (Å²) in [4.78, 5) is 33.5. The lowest BCUT2D eigenvalue weighted by atomic mass is 10.1. The zero-order valence-corrected chi connectivity index (χ0v) is 16.4. The van der Waals surface area contributed by atoms with Gasteiger partial charge in [0.15, 0.2) is 10.9 Å². The van der Waals surface area contributed by atoms with Gasteiger partial charge >= 0.3 is 0 Å². The van der Waals surface area contributed by atoms with Gasteiger partial charge in [0.25, 0.3) is 5.91 Å². The second-order valence-corrected chi connectivity index (χ2v) is 6.94. The van der Waals surface area contributed by atoms with Gasteiger partial charge < -0.3 is 9.84 Å². The van der Waals surface area contributed by atoms with Crippen LogP contribution in [0.25, 0.3) is 0 Å². The minimum absolute atomic E-state index is 0.0720. The Bertz CT molecular complexity index is 1030. The van der Waals surface area contributed by atoms with E-state index in [1.54, 1.807) is 6.07 Å². The Morgan fingerprint density at radius 1 is 1.18 bits per heavy atom. The van der Waals surface area contributed by atoms with Crippen molar-refractivity contribution >= 4 is 23.5 Å². The number of phenolic OH excluding ortho intramolecular Hbond substituents is 1. The van der Waals surface area contributed by atoms with Crippen LogP contribution < -0.4 is 4.74 Å². The number of aromatic nitrogens is 4. The van der Waals surface area contributed by atoms with Gasteiger partial charge in [-0.25, -0.2) is 14.6 Å². The highest BCUT2D eigenvalue weighted by Gasteiger charge is 2.18. The summed E-state index contributed by atoms with van der Waals surface area (Å²) in [5.41, 5.74) is 1.91. The molecule has 0 bridgehead atoms. The monoisotopic (exact) mass is 398 g/mol. The maximum absolute atomic E-state index is 12.6. The van der Waals surface area contributed by atoms with Crippen LogP contribution in [0.1, 0.15) is 32.1 Å². The number of benzene rings is 1. The summed E-state index contributed by atoms with van der Waals surface area (Å²) in [6.07, 6.45) is 2.63. The average molecular weight is 398 g/mol. The standard InChI is InChI=1S/C19H18N4O4S/c1-11-6-12(2)22-19(21-11)28-10-17(25)23-9-13(8-20-23)18(26)15-7-14(27-3)4-5-16(15)24/h4-9,24H,10H2,1-3H3. The van der Waals surface area contributed by atoms with Gasteiger partial charge in [-0.15, -0.1) is 0 Å². The molecule has 0 amide bonds. The Morgan fingerprint density at radius 2 is 1.89 bits per heavy atom. The van der Waals surface area contributed by atoms with Crippen molar-refractivity contribution in [2.75, 3.05) is 12.9 Å². The van der Waals surface area contributed by atoms with Crippen molar-refractivity contribution in [3.05, 3.63) is 59.2 Å². The number of ketones is 1. The lowest BCUT2D eigenvalue weighted by molar-refractivity contribution is 0.0926. The molecule has 144 valence electrons. The Kier molecular flexibility index (Phi) is 5.74. The fourth-order valence-corrected chi connectivity index (χ4v) is 3.31. The molecule has 3 rings (SSSR count). The van der Waals surface area contributed by atoms with E-state index in [1.807, 2.05) is 19.9 Å². The number of aryl methyl sites for hydroxylation is 2. The molecule has 0 aliphatic rings. The second kappa shape index (κ2) is 8.22. The Hall–Kier alpha value is -3.20. The van der Waals surface area contributed by atoms with Crippen molar-refractivity contribution in [2.45, 2.75) is 19.0 Å². The number of carbonyl (C=O) groups excluding carboxylic acids is 2. The van der Waals surface area contributed by atoms with Gasteiger partial charge in [0.2, 0.25) is 0 Å². The van der Waals surface area contributed by atoms with Crippen LogP contribution in [0.15, 0.2) is 41.8 Å². The summed E-state index contributed by atoms with van der Waals surface area (Å²) in [6.45, 7) is 3.72. The Morgan fingerprint density at radius 3 is 2.57 bits per heavy atom. The van der Waals surface area contributed by atoms with Crippen molar-refractivity contribution in [1.29, 1.82) is 0 Å². The van der Waals surface area contributed by atoms with Gasteiger partial charge in [-0.3, -0.25) is 9.59 Å². The summed E-state index contributed by atoms with van der Waals surface area (Å²) < 4.78 is 6.17. The molecule has 0 saturated carbocycles. The third kappa shape index (κ3) is 4.37. The Balaban J connectivity index is 1.72. The molecule has 0 radical (unpaired) electrons. The maximum Gasteiger partial charge on any atom is 0.257 e. The molecule has 0 saturated heterocycles. The van der Waals surface area contributed by atoms with E-state index >= 15 is 0 Å². The van der Waals surface area contributed by atoms with Crippen molar-refractivity contribution < 1.29 is 19.4 Å². The zero-order chi connectivity index (χ0) is 20.3.